The molecule has 4 atom stereocenters. The second-order valence-electron chi connectivity index (χ2n) is 13.8. The van der Waals surface area contributed by atoms with Gasteiger partial charge in [-0.3, -0.25) is 0 Å². The lowest BCUT2D eigenvalue weighted by molar-refractivity contribution is -0.773. The number of thioether (sulfide) groups is 1. The lowest BCUT2D eigenvalue weighted by Crippen LogP contribution is -3.00. The number of nitrogens with zero attached hydrogens (tertiary/aromatic N) is 2. The van der Waals surface area contributed by atoms with E-state index in [1.165, 1.54) is 52.4 Å². The van der Waals surface area contributed by atoms with E-state index in [4.69, 9.17) is 9.47 Å². The van der Waals surface area contributed by atoms with Crippen molar-refractivity contribution in [2.75, 3.05) is 4.90 Å². The van der Waals surface area contributed by atoms with Crippen LogP contribution in [0.2, 0.25) is 0 Å². The number of rotatable bonds is 4. The number of halogens is 1. The van der Waals surface area contributed by atoms with Gasteiger partial charge in [0, 0.05) is 17.4 Å². The molecular formula is C43H33ClN2O2S2. The number of anilines is 1. The number of hydrogen-bond acceptors (Lipinski definition) is 5. The normalized spacial score (nSPS) is 24.5. The topological polar surface area (TPSA) is 25.6 Å². The Labute approximate surface area is 305 Å². The number of fused-ring (bicyclic) bond motifs is 11. The van der Waals surface area contributed by atoms with Gasteiger partial charge in [-0.1, -0.05) is 108 Å². The summed E-state index contributed by atoms with van der Waals surface area (Å²) in [6.07, 6.45) is 6.33. The first-order chi connectivity index (χ1) is 24.2. The van der Waals surface area contributed by atoms with Gasteiger partial charge in [-0.05, 0) is 83.3 Å². The summed E-state index contributed by atoms with van der Waals surface area (Å²) < 4.78 is 18.4. The largest absolute Gasteiger partial charge is 1.00 e. The van der Waals surface area contributed by atoms with Gasteiger partial charge in [0.2, 0.25) is 11.1 Å². The number of para-hydroxylation sites is 2. The molecule has 50 heavy (non-hydrogen) atoms. The van der Waals surface area contributed by atoms with Gasteiger partial charge < -0.3 is 26.8 Å². The van der Waals surface area contributed by atoms with Crippen molar-refractivity contribution in [2.24, 2.45) is 0 Å². The zero-order valence-electron chi connectivity index (χ0n) is 27.2. The molecule has 4 aliphatic rings. The van der Waals surface area contributed by atoms with Crippen molar-refractivity contribution < 1.29 is 26.4 Å². The fraction of sp³-hybridized carbons (Fsp3) is 0.186. The predicted octanol–water partition coefficient (Wildman–Crippen LogP) is 7.34. The molecule has 0 radical (unpaired) electrons. The van der Waals surface area contributed by atoms with Crippen molar-refractivity contribution in [3.05, 3.63) is 143 Å². The molecule has 2 aliphatic carbocycles. The highest BCUT2D eigenvalue weighted by Gasteiger charge is 2.80. The van der Waals surface area contributed by atoms with Crippen LogP contribution in [0.1, 0.15) is 30.7 Å². The van der Waals surface area contributed by atoms with Gasteiger partial charge in [0.1, 0.15) is 22.3 Å². The van der Waals surface area contributed by atoms with E-state index >= 15 is 0 Å². The molecule has 7 aromatic rings. The Kier molecular flexibility index (Phi) is 6.83. The van der Waals surface area contributed by atoms with Gasteiger partial charge in [0.25, 0.3) is 5.01 Å². The van der Waals surface area contributed by atoms with E-state index < -0.39 is 11.1 Å². The molecule has 0 amide bonds. The lowest BCUT2D eigenvalue weighted by Gasteiger charge is -2.64. The molecular weight excluding hydrogens is 676 g/mol. The molecule has 2 spiro atoms. The van der Waals surface area contributed by atoms with Crippen LogP contribution in [0.25, 0.3) is 37.8 Å². The first-order valence-electron chi connectivity index (χ1n) is 17.3. The summed E-state index contributed by atoms with van der Waals surface area (Å²) in [5.74, 6) is 1.85. The van der Waals surface area contributed by atoms with E-state index in [0.717, 1.165) is 37.2 Å². The molecule has 2 saturated carbocycles. The maximum atomic E-state index is 7.17. The van der Waals surface area contributed by atoms with E-state index in [1.807, 2.05) is 23.1 Å². The van der Waals surface area contributed by atoms with Gasteiger partial charge in [-0.25, -0.2) is 0 Å². The van der Waals surface area contributed by atoms with Crippen LogP contribution in [0.5, 0.6) is 11.5 Å². The Hall–Kier alpha value is -4.49. The third-order valence-corrected chi connectivity index (χ3v) is 13.6. The highest BCUT2D eigenvalue weighted by Crippen LogP contribution is 2.65. The van der Waals surface area contributed by atoms with Crippen LogP contribution in [0.3, 0.4) is 0 Å². The van der Waals surface area contributed by atoms with Crippen LogP contribution in [0, 0.1) is 0 Å². The Morgan fingerprint density at radius 3 is 1.84 bits per heavy atom. The Morgan fingerprint density at radius 2 is 1.22 bits per heavy atom. The van der Waals surface area contributed by atoms with Gasteiger partial charge in [0.05, 0.1) is 16.8 Å². The Morgan fingerprint density at radius 1 is 0.640 bits per heavy atom. The van der Waals surface area contributed by atoms with Crippen LogP contribution < -0.4 is 31.3 Å². The molecule has 2 aliphatic heterocycles. The standard InChI is InChI=1S/C43H33N2O2S2.ClH/c1-3-15-32(16-4-1)46-38-19-21-42(38)43(22-20-39(43)47-33-17-5-2-6-18-33)45-35-24-29-12-8-10-14-31(29)26-37(35)49-41(45)27-40-44(42)34-23-28-11-7-9-13-30(28)25-36(34)48-40;/h1-18,23-27,38-39H,19-22H2;1H/q+1;/p-1. The molecule has 246 valence electrons. The van der Waals surface area contributed by atoms with Crippen molar-refractivity contribution in [1.29, 1.82) is 0 Å². The lowest BCUT2D eigenvalue weighted by atomic mass is 9.51. The number of benzene rings is 6. The maximum absolute atomic E-state index is 7.17. The summed E-state index contributed by atoms with van der Waals surface area (Å²) in [7, 11) is 0. The van der Waals surface area contributed by atoms with E-state index in [0.29, 0.717) is 0 Å². The minimum absolute atomic E-state index is 0. The monoisotopic (exact) mass is 708 g/mol. The molecule has 2 fully saturated rings. The zero-order chi connectivity index (χ0) is 32.2. The molecule has 0 N–H and O–H groups in total. The average Bonchev–Trinajstić information content (AvgIpc) is 3.62. The Bertz CT molecular complexity index is 2480. The Balaban J connectivity index is 0.00000316. The van der Waals surface area contributed by atoms with Crippen molar-refractivity contribution in [3.8, 4) is 11.5 Å². The minimum atomic E-state index is -0.400. The third kappa shape index (κ3) is 4.10. The van der Waals surface area contributed by atoms with Crippen LogP contribution in [0.15, 0.2) is 143 Å². The van der Waals surface area contributed by atoms with E-state index in [-0.39, 0.29) is 24.6 Å². The zero-order valence-corrected chi connectivity index (χ0v) is 29.6. The average molecular weight is 709 g/mol. The summed E-state index contributed by atoms with van der Waals surface area (Å²) >= 11 is 3.82. The summed E-state index contributed by atoms with van der Waals surface area (Å²) in [5.41, 5.74) is 1.77. The fourth-order valence-electron chi connectivity index (χ4n) is 9.20. The molecule has 4 nitrogen and oxygen atoms in total. The van der Waals surface area contributed by atoms with Crippen LogP contribution in [-0.2, 0) is 5.54 Å². The third-order valence-electron chi connectivity index (χ3n) is 11.5. The molecule has 1 aromatic heterocycles. The summed E-state index contributed by atoms with van der Waals surface area (Å²) in [5, 5.41) is 7.64. The number of aromatic nitrogens is 1. The van der Waals surface area contributed by atoms with Crippen molar-refractivity contribution >= 4 is 66.6 Å². The first-order valence-corrected chi connectivity index (χ1v) is 18.9. The SMILES string of the molecule is C1=C2Sc3cc4ccccc4cc3N2C2(CCC2Oc2ccccc2)C2(CCC2Oc2ccccc2)[n+]2c1sc1cc3ccccc3cc12.[Cl-]. The fourth-order valence-corrected chi connectivity index (χ4v) is 11.7. The molecule has 0 saturated heterocycles. The second-order valence-corrected chi connectivity index (χ2v) is 15.9. The van der Waals surface area contributed by atoms with Crippen LogP contribution >= 0.6 is 23.1 Å². The number of ether oxygens (including phenoxy) is 2. The molecule has 6 aromatic carbocycles. The number of hydrogen-bond donors (Lipinski definition) is 0. The van der Waals surface area contributed by atoms with Gasteiger partial charge in [-0.15, -0.1) is 0 Å². The van der Waals surface area contributed by atoms with Crippen LogP contribution in [-0.4, -0.2) is 17.7 Å². The summed E-state index contributed by atoms with van der Waals surface area (Å²) in [6.45, 7) is 0. The van der Waals surface area contributed by atoms with Gasteiger partial charge in [0.15, 0.2) is 11.6 Å². The number of thiazole rings is 1. The summed E-state index contributed by atoms with van der Waals surface area (Å²) in [6, 6.07) is 48.0. The first kappa shape index (κ1) is 30.3. The summed E-state index contributed by atoms with van der Waals surface area (Å²) in [4.78, 5) is 4.02. The van der Waals surface area contributed by atoms with E-state index in [2.05, 4.69) is 149 Å². The van der Waals surface area contributed by atoms with Crippen LogP contribution in [0.4, 0.5) is 5.69 Å². The highest BCUT2D eigenvalue weighted by molar-refractivity contribution is 8.04. The quantitative estimate of drug-likeness (QED) is 0.179. The van der Waals surface area contributed by atoms with Crippen molar-refractivity contribution in [2.45, 2.75) is 53.9 Å². The van der Waals surface area contributed by atoms with E-state index in [1.54, 1.807) is 0 Å². The highest BCUT2D eigenvalue weighted by atomic mass is 35.5. The van der Waals surface area contributed by atoms with Crippen molar-refractivity contribution in [1.82, 2.24) is 0 Å². The maximum Gasteiger partial charge on any atom is 0.266 e. The molecule has 4 unspecified atom stereocenters. The van der Waals surface area contributed by atoms with Crippen molar-refractivity contribution in [3.63, 3.8) is 0 Å². The molecule has 11 rings (SSSR count). The smallest absolute Gasteiger partial charge is 0.266 e. The predicted molar refractivity (Wildman–Crippen MR) is 201 cm³/mol. The minimum Gasteiger partial charge on any atom is -1.00 e. The second kappa shape index (κ2) is 11.3. The molecule has 7 heteroatoms. The van der Waals surface area contributed by atoms with E-state index in [9.17, 15) is 0 Å². The molecule has 3 heterocycles. The molecule has 0 bridgehead atoms. The van der Waals surface area contributed by atoms with Gasteiger partial charge in [-0.2, -0.15) is 4.57 Å². The van der Waals surface area contributed by atoms with Gasteiger partial charge >= 0.3 is 0 Å².